The Balaban J connectivity index is 1.40. The van der Waals surface area contributed by atoms with Crippen molar-refractivity contribution in [2.45, 2.75) is 72.1 Å². The summed E-state index contributed by atoms with van der Waals surface area (Å²) < 4.78 is 49.7. The normalized spacial score (nSPS) is 16.8. The molecule has 11 heteroatoms. The van der Waals surface area contributed by atoms with Crippen molar-refractivity contribution in [3.8, 4) is 11.1 Å². The number of nitrogens with one attached hydrogen (secondary N) is 2. The van der Waals surface area contributed by atoms with Gasteiger partial charge in [0, 0.05) is 42.2 Å². The molecule has 2 heterocycles. The molecule has 2 N–H and O–H groups in total. The fourth-order valence-corrected chi connectivity index (χ4v) is 5.00. The number of hydrogen-bond acceptors (Lipinski definition) is 7. The molecule has 8 nitrogen and oxygen atoms in total. The van der Waals surface area contributed by atoms with Gasteiger partial charge >= 0.3 is 0 Å². The first-order valence-corrected chi connectivity index (χ1v) is 15.6. The summed E-state index contributed by atoms with van der Waals surface area (Å²) in [5.74, 6) is -3.24. The van der Waals surface area contributed by atoms with Gasteiger partial charge in [-0.2, -0.15) is 0 Å². The third-order valence-corrected chi connectivity index (χ3v) is 8.19. The second-order valence-electron chi connectivity index (χ2n) is 11.9. The predicted octanol–water partition coefficient (Wildman–Crippen LogP) is 7.98. The highest BCUT2D eigenvalue weighted by atomic mass is 19.3. The Kier molecular flexibility index (Phi) is 11.0. The summed E-state index contributed by atoms with van der Waals surface area (Å²) in [6, 6.07) is 4.43. The fourth-order valence-electron chi connectivity index (χ4n) is 5.00. The van der Waals surface area contributed by atoms with Gasteiger partial charge in [0.15, 0.2) is 5.78 Å². The summed E-state index contributed by atoms with van der Waals surface area (Å²) >= 11 is 0. The molecular weight excluding hydrogens is 607 g/mol. The summed E-state index contributed by atoms with van der Waals surface area (Å²) in [4.78, 5) is 38.4. The van der Waals surface area contributed by atoms with Crippen LogP contribution in [0.1, 0.15) is 65.4 Å². The molecule has 0 radical (unpaired) electrons. The molecule has 4 rings (SSSR count). The van der Waals surface area contributed by atoms with Gasteiger partial charge in [0.25, 0.3) is 5.92 Å². The van der Waals surface area contributed by atoms with Gasteiger partial charge in [0.05, 0.1) is 17.5 Å². The predicted molar refractivity (Wildman–Crippen MR) is 177 cm³/mol. The van der Waals surface area contributed by atoms with Crippen LogP contribution < -0.4 is 10.6 Å². The van der Waals surface area contributed by atoms with Crippen molar-refractivity contribution >= 4 is 23.4 Å². The smallest absolute Gasteiger partial charge is 0.278 e. The number of ketones is 1. The molecule has 1 unspecified atom stereocenters. The van der Waals surface area contributed by atoms with Gasteiger partial charge in [-0.15, -0.1) is 0 Å². The number of aromatic nitrogens is 2. The molecule has 47 heavy (non-hydrogen) atoms. The largest absolute Gasteiger partial charge is 0.461 e. The highest BCUT2D eigenvalue weighted by Gasteiger charge is 2.64. The maximum atomic E-state index is 15.1. The number of aliphatic imine (C=N–C) groups is 1. The molecule has 1 amide bonds. The number of alkyl halides is 2. The van der Waals surface area contributed by atoms with Crippen LogP contribution in [-0.4, -0.2) is 33.3 Å². The number of carbonyl (C=O) groups is 2. The van der Waals surface area contributed by atoms with Crippen molar-refractivity contribution in [3.05, 3.63) is 102 Å². The van der Waals surface area contributed by atoms with E-state index in [1.807, 2.05) is 26.8 Å². The van der Waals surface area contributed by atoms with Gasteiger partial charge in [0.1, 0.15) is 23.2 Å². The molecule has 1 aliphatic carbocycles. The van der Waals surface area contributed by atoms with E-state index in [1.54, 1.807) is 13.0 Å². The highest BCUT2D eigenvalue weighted by molar-refractivity contribution is 6.39. The minimum atomic E-state index is -3.19. The molecule has 1 saturated carbocycles. The lowest BCUT2D eigenvalue weighted by Crippen LogP contribution is -2.32. The number of benzene rings is 1. The van der Waals surface area contributed by atoms with Crippen LogP contribution in [0.25, 0.3) is 11.1 Å². The Morgan fingerprint density at radius 3 is 2.45 bits per heavy atom. The molecule has 0 bridgehead atoms. The van der Waals surface area contributed by atoms with Crippen molar-refractivity contribution in [3.63, 3.8) is 0 Å². The lowest BCUT2D eigenvalue weighted by atomic mass is 9.93. The third-order valence-electron chi connectivity index (χ3n) is 8.19. The van der Waals surface area contributed by atoms with Crippen LogP contribution in [-0.2, 0) is 20.7 Å². The fraction of sp³-hybridized carbons (Fsp3) is 0.361. The van der Waals surface area contributed by atoms with E-state index in [4.69, 9.17) is 4.74 Å². The molecular formula is C36H40F3N5O3. The summed E-state index contributed by atoms with van der Waals surface area (Å²) in [5, 5.41) is 5.67. The molecule has 1 fully saturated rings. The molecule has 1 atom stereocenters. The highest BCUT2D eigenvalue weighted by Crippen LogP contribution is 2.63. The van der Waals surface area contributed by atoms with Gasteiger partial charge in [0.2, 0.25) is 11.9 Å². The minimum absolute atomic E-state index is 0.0109. The van der Waals surface area contributed by atoms with Crippen LogP contribution in [0.3, 0.4) is 0 Å². The van der Waals surface area contributed by atoms with Crippen LogP contribution in [0.15, 0.2) is 96.1 Å². The Bertz CT molecular complexity index is 1670. The number of allylic oxidation sites excluding steroid dienone is 5. The van der Waals surface area contributed by atoms with Crippen LogP contribution in [0.2, 0.25) is 0 Å². The zero-order valence-corrected chi connectivity index (χ0v) is 27.1. The summed E-state index contributed by atoms with van der Waals surface area (Å²) in [5.41, 5.74) is 0.296. The number of halogens is 3. The number of Topliss-reactive ketones (excluding diaryl/α,β-unsaturated/α-hetero) is 1. The first-order valence-electron chi connectivity index (χ1n) is 15.6. The van der Waals surface area contributed by atoms with E-state index in [-0.39, 0.29) is 59.7 Å². The van der Waals surface area contributed by atoms with E-state index in [0.29, 0.717) is 41.6 Å². The van der Waals surface area contributed by atoms with Gasteiger partial charge in [-0.1, -0.05) is 52.5 Å². The molecule has 1 aliphatic heterocycles. The lowest BCUT2D eigenvalue weighted by Gasteiger charge is -2.28. The van der Waals surface area contributed by atoms with Crippen molar-refractivity contribution in [1.29, 1.82) is 0 Å². The Morgan fingerprint density at radius 2 is 1.85 bits per heavy atom. The first kappa shape index (κ1) is 35.1. The van der Waals surface area contributed by atoms with Gasteiger partial charge in [-0.3, -0.25) is 9.59 Å². The van der Waals surface area contributed by atoms with Crippen LogP contribution in [0.5, 0.6) is 0 Å². The van der Waals surface area contributed by atoms with Crippen LogP contribution >= 0.6 is 0 Å². The number of ether oxygens (including phenoxy) is 1. The van der Waals surface area contributed by atoms with Gasteiger partial charge in [-0.25, -0.2) is 28.1 Å². The maximum Gasteiger partial charge on any atom is 0.278 e. The van der Waals surface area contributed by atoms with E-state index in [1.165, 1.54) is 36.7 Å². The van der Waals surface area contributed by atoms with Crippen molar-refractivity contribution in [2.24, 2.45) is 16.3 Å². The zero-order chi connectivity index (χ0) is 34.4. The van der Waals surface area contributed by atoms with Crippen molar-refractivity contribution < 1.29 is 27.5 Å². The second-order valence-corrected chi connectivity index (χ2v) is 11.9. The number of anilines is 1. The SMILES string of the molecule is C=CC(F)(F)C1(C2=CC(NC(=O)Cc3ccc(-c4cnc(NC(=C/CC)/N=C(\C)C(=O)CC(C)CC)nc4)cc3F)=CC(=C)O2)CC1. The minimum Gasteiger partial charge on any atom is -0.461 e. The zero-order valence-electron chi connectivity index (χ0n) is 27.1. The van der Waals surface area contributed by atoms with Crippen LogP contribution in [0, 0.1) is 17.2 Å². The van der Waals surface area contributed by atoms with Crippen LogP contribution in [0.4, 0.5) is 19.1 Å². The Morgan fingerprint density at radius 1 is 1.15 bits per heavy atom. The molecule has 248 valence electrons. The second kappa shape index (κ2) is 14.7. The quantitative estimate of drug-likeness (QED) is 0.150. The molecule has 2 aromatic rings. The number of carbonyl (C=O) groups excluding carboxylic acids is 2. The summed E-state index contributed by atoms with van der Waals surface area (Å²) in [7, 11) is 0. The van der Waals surface area contributed by atoms with Gasteiger partial charge in [-0.05, 0) is 61.4 Å². The number of hydrogen-bond donors (Lipinski definition) is 2. The number of amides is 1. The van der Waals surface area contributed by atoms with Crippen molar-refractivity contribution in [1.82, 2.24) is 15.3 Å². The number of rotatable bonds is 15. The number of nitrogens with zero attached hydrogens (tertiary/aromatic N) is 3. The standard InChI is InChI=1S/C36H40F3N5O3/c1-7-10-32(42-24(6)30(45)15-22(4)8-2)44-34-40-20-27(21-41-34)25-11-12-26(29(37)17-25)18-33(46)43-28-16-23(5)47-31(19-28)35(13-14-35)36(38,39)9-3/h9-12,16-17,19-22H,3,5,7-8,13-15,18H2,1-2,4,6H3,(H,43,46)(H,40,41,44)/b32-10+,42-24+. The third kappa shape index (κ3) is 8.52. The monoisotopic (exact) mass is 647 g/mol. The Hall–Kier alpha value is -4.80. The van der Waals surface area contributed by atoms with E-state index in [2.05, 4.69) is 38.8 Å². The summed E-state index contributed by atoms with van der Waals surface area (Å²) in [6.45, 7) is 14.7. The lowest BCUT2D eigenvalue weighted by molar-refractivity contribution is -0.119. The molecule has 1 aromatic heterocycles. The average Bonchev–Trinajstić information content (AvgIpc) is 3.85. The maximum absolute atomic E-state index is 15.1. The van der Waals surface area contributed by atoms with E-state index >= 15 is 4.39 Å². The Labute approximate surface area is 273 Å². The molecule has 1 aromatic carbocycles. The van der Waals surface area contributed by atoms with Gasteiger partial charge < -0.3 is 15.4 Å². The molecule has 0 saturated heterocycles. The molecule has 0 spiro atoms. The topological polar surface area (TPSA) is 106 Å². The van der Waals surface area contributed by atoms with Crippen molar-refractivity contribution in [2.75, 3.05) is 5.32 Å². The molecule has 2 aliphatic rings. The van der Waals surface area contributed by atoms with E-state index in [9.17, 15) is 18.4 Å². The first-order chi connectivity index (χ1) is 22.3. The summed E-state index contributed by atoms with van der Waals surface area (Å²) in [6.07, 6.45) is 10.4. The van der Waals surface area contributed by atoms with E-state index in [0.717, 1.165) is 6.42 Å². The average molecular weight is 648 g/mol. The van der Waals surface area contributed by atoms with E-state index < -0.39 is 23.1 Å².